The van der Waals surface area contributed by atoms with Crippen LogP contribution in [0.5, 0.6) is 5.75 Å². The van der Waals surface area contributed by atoms with Gasteiger partial charge in [0.05, 0.1) is 12.7 Å². The second-order valence-electron chi connectivity index (χ2n) is 6.13. The first kappa shape index (κ1) is 15.7. The highest BCUT2D eigenvalue weighted by atomic mass is 35.5. The maximum absolute atomic E-state index is 12.2. The first-order valence-corrected chi connectivity index (χ1v) is 8.37. The second kappa shape index (κ2) is 6.26. The molecule has 0 saturated heterocycles. The van der Waals surface area contributed by atoms with Crippen LogP contribution in [0.3, 0.4) is 0 Å². The zero-order valence-electron chi connectivity index (χ0n) is 13.3. The third-order valence-electron chi connectivity index (χ3n) is 4.41. The molecule has 1 aliphatic heterocycles. The van der Waals surface area contributed by atoms with Gasteiger partial charge >= 0.3 is 0 Å². The van der Waals surface area contributed by atoms with E-state index in [1.54, 1.807) is 29.1 Å². The first-order chi connectivity index (χ1) is 12.1. The summed E-state index contributed by atoms with van der Waals surface area (Å²) < 4.78 is 1.78. The van der Waals surface area contributed by atoms with Crippen molar-refractivity contribution in [2.75, 3.05) is 5.32 Å². The number of halogens is 1. The predicted molar refractivity (Wildman–Crippen MR) is 96.0 cm³/mol. The zero-order chi connectivity index (χ0) is 17.4. The van der Waals surface area contributed by atoms with Gasteiger partial charge in [0.1, 0.15) is 11.6 Å². The lowest BCUT2D eigenvalue weighted by Gasteiger charge is -2.24. The standard InChI is InChI=1S/C19H16ClN3O2/c20-14-6-4-12(5-7-14)11-23-19-17(10-21-23)16(9-18(25)22-19)13-2-1-3-15(24)8-13/h1-8,10,16,24H,9,11H2,(H,22,25). The quantitative estimate of drug-likeness (QED) is 0.753. The molecule has 0 bridgehead atoms. The minimum Gasteiger partial charge on any atom is -0.508 e. The minimum atomic E-state index is -0.116. The number of benzene rings is 2. The van der Waals surface area contributed by atoms with Crippen LogP contribution in [-0.4, -0.2) is 20.8 Å². The van der Waals surface area contributed by atoms with Crippen LogP contribution in [0.2, 0.25) is 5.02 Å². The molecule has 0 fully saturated rings. The number of hydrogen-bond donors (Lipinski definition) is 2. The lowest BCUT2D eigenvalue weighted by Crippen LogP contribution is -2.25. The van der Waals surface area contributed by atoms with E-state index < -0.39 is 0 Å². The largest absolute Gasteiger partial charge is 0.508 e. The van der Waals surface area contributed by atoms with Crippen molar-refractivity contribution in [2.45, 2.75) is 18.9 Å². The monoisotopic (exact) mass is 353 g/mol. The maximum atomic E-state index is 12.2. The third-order valence-corrected chi connectivity index (χ3v) is 4.66. The number of carbonyl (C=O) groups is 1. The fourth-order valence-corrected chi connectivity index (χ4v) is 3.32. The van der Waals surface area contributed by atoms with Crippen LogP contribution in [0.25, 0.3) is 0 Å². The molecule has 6 heteroatoms. The maximum Gasteiger partial charge on any atom is 0.226 e. The molecule has 0 aliphatic carbocycles. The molecule has 1 amide bonds. The molecule has 2 heterocycles. The van der Waals surface area contributed by atoms with Gasteiger partial charge in [-0.2, -0.15) is 5.10 Å². The topological polar surface area (TPSA) is 67.1 Å². The fourth-order valence-electron chi connectivity index (χ4n) is 3.19. The number of phenols is 1. The normalized spacial score (nSPS) is 16.4. The van der Waals surface area contributed by atoms with Gasteiger partial charge in [0, 0.05) is 22.9 Å². The van der Waals surface area contributed by atoms with Crippen LogP contribution in [-0.2, 0) is 11.3 Å². The number of nitrogens with one attached hydrogen (secondary N) is 1. The first-order valence-electron chi connectivity index (χ1n) is 7.99. The molecule has 1 unspecified atom stereocenters. The third kappa shape index (κ3) is 3.10. The summed E-state index contributed by atoms with van der Waals surface area (Å²) in [7, 11) is 0. The van der Waals surface area contributed by atoms with E-state index in [1.165, 1.54) is 0 Å². The Labute approximate surface area is 149 Å². The van der Waals surface area contributed by atoms with Crippen LogP contribution in [0.4, 0.5) is 5.82 Å². The van der Waals surface area contributed by atoms with Crippen LogP contribution in [0.1, 0.15) is 29.0 Å². The Bertz CT molecular complexity index is 934. The molecule has 3 aromatic rings. The highest BCUT2D eigenvalue weighted by Crippen LogP contribution is 2.38. The lowest BCUT2D eigenvalue weighted by atomic mass is 9.87. The Morgan fingerprint density at radius 3 is 2.80 bits per heavy atom. The Hall–Kier alpha value is -2.79. The van der Waals surface area contributed by atoms with Crippen molar-refractivity contribution in [3.8, 4) is 5.75 Å². The van der Waals surface area contributed by atoms with Crippen molar-refractivity contribution in [3.63, 3.8) is 0 Å². The highest BCUT2D eigenvalue weighted by Gasteiger charge is 2.30. The van der Waals surface area contributed by atoms with Gasteiger partial charge in [0.15, 0.2) is 0 Å². The number of amides is 1. The molecule has 5 nitrogen and oxygen atoms in total. The number of phenolic OH excluding ortho intramolecular Hbond substituents is 1. The van der Waals surface area contributed by atoms with Crippen molar-refractivity contribution in [1.29, 1.82) is 0 Å². The van der Waals surface area contributed by atoms with Gasteiger partial charge in [-0.15, -0.1) is 0 Å². The van der Waals surface area contributed by atoms with Gasteiger partial charge in [0.25, 0.3) is 0 Å². The molecule has 2 N–H and O–H groups in total. The van der Waals surface area contributed by atoms with Crippen molar-refractivity contribution in [2.24, 2.45) is 0 Å². The molecule has 25 heavy (non-hydrogen) atoms. The van der Waals surface area contributed by atoms with E-state index in [1.807, 2.05) is 30.3 Å². The summed E-state index contributed by atoms with van der Waals surface area (Å²) in [5.74, 6) is 0.728. The Kier molecular flexibility index (Phi) is 3.93. The SMILES string of the molecule is O=C1CC(c2cccc(O)c2)c2cnn(Cc3ccc(Cl)cc3)c2N1. The van der Waals surface area contributed by atoms with E-state index in [9.17, 15) is 9.90 Å². The van der Waals surface area contributed by atoms with E-state index in [0.717, 1.165) is 16.7 Å². The number of anilines is 1. The van der Waals surface area contributed by atoms with Gasteiger partial charge in [0.2, 0.25) is 5.91 Å². The second-order valence-corrected chi connectivity index (χ2v) is 6.57. The molecule has 0 saturated carbocycles. The Morgan fingerprint density at radius 2 is 2.04 bits per heavy atom. The molecule has 0 radical (unpaired) electrons. The van der Waals surface area contributed by atoms with Gasteiger partial charge in [-0.1, -0.05) is 35.9 Å². The summed E-state index contributed by atoms with van der Waals surface area (Å²) in [6, 6.07) is 14.6. The lowest BCUT2D eigenvalue weighted by molar-refractivity contribution is -0.116. The van der Waals surface area contributed by atoms with Crippen molar-refractivity contribution < 1.29 is 9.90 Å². The number of aromatic nitrogens is 2. The number of rotatable bonds is 3. The molecule has 2 aromatic carbocycles. The fraction of sp³-hybridized carbons (Fsp3) is 0.158. The average molecular weight is 354 g/mol. The molecule has 0 spiro atoms. The molecular formula is C19H16ClN3O2. The highest BCUT2D eigenvalue weighted by molar-refractivity contribution is 6.30. The number of fused-ring (bicyclic) bond motifs is 1. The summed E-state index contributed by atoms with van der Waals surface area (Å²) in [5.41, 5.74) is 2.91. The van der Waals surface area contributed by atoms with Crippen molar-refractivity contribution in [3.05, 3.63) is 76.4 Å². The van der Waals surface area contributed by atoms with Crippen LogP contribution < -0.4 is 5.32 Å². The predicted octanol–water partition coefficient (Wildman–Crippen LogP) is 3.76. The number of aromatic hydroxyl groups is 1. The zero-order valence-corrected chi connectivity index (χ0v) is 14.1. The van der Waals surface area contributed by atoms with Gasteiger partial charge in [-0.3, -0.25) is 4.79 Å². The van der Waals surface area contributed by atoms with Crippen LogP contribution in [0.15, 0.2) is 54.7 Å². The van der Waals surface area contributed by atoms with E-state index in [2.05, 4.69) is 10.4 Å². The minimum absolute atomic E-state index is 0.0568. The van der Waals surface area contributed by atoms with Crippen LogP contribution in [0, 0.1) is 0 Å². The van der Waals surface area contributed by atoms with E-state index in [0.29, 0.717) is 23.8 Å². The smallest absolute Gasteiger partial charge is 0.226 e. The number of hydrogen-bond acceptors (Lipinski definition) is 3. The molecule has 1 aliphatic rings. The molecule has 126 valence electrons. The van der Waals surface area contributed by atoms with Crippen LogP contribution >= 0.6 is 11.6 Å². The van der Waals surface area contributed by atoms with Gasteiger partial charge in [-0.05, 0) is 35.4 Å². The van der Waals surface area contributed by atoms with Gasteiger partial charge in [-0.25, -0.2) is 4.68 Å². The summed E-state index contributed by atoms with van der Waals surface area (Å²) in [5, 5.41) is 17.8. The Morgan fingerprint density at radius 1 is 1.24 bits per heavy atom. The molecule has 1 atom stereocenters. The van der Waals surface area contributed by atoms with E-state index in [4.69, 9.17) is 11.6 Å². The molecule has 4 rings (SSSR count). The summed E-state index contributed by atoms with van der Waals surface area (Å²) >= 11 is 5.93. The van der Waals surface area contributed by atoms with E-state index >= 15 is 0 Å². The summed E-state index contributed by atoms with van der Waals surface area (Å²) in [6.07, 6.45) is 2.13. The summed E-state index contributed by atoms with van der Waals surface area (Å²) in [6.45, 7) is 0.541. The Balaban J connectivity index is 1.70. The van der Waals surface area contributed by atoms with E-state index in [-0.39, 0.29) is 17.6 Å². The van der Waals surface area contributed by atoms with Gasteiger partial charge < -0.3 is 10.4 Å². The number of carbonyl (C=O) groups excluding carboxylic acids is 1. The molecular weight excluding hydrogens is 338 g/mol. The molecule has 1 aromatic heterocycles. The number of nitrogens with zero attached hydrogens (tertiary/aromatic N) is 2. The van der Waals surface area contributed by atoms with Crippen molar-refractivity contribution in [1.82, 2.24) is 9.78 Å². The van der Waals surface area contributed by atoms with Crippen molar-refractivity contribution >= 4 is 23.3 Å². The summed E-state index contributed by atoms with van der Waals surface area (Å²) in [4.78, 5) is 12.2. The average Bonchev–Trinajstić information content (AvgIpc) is 2.99.